The second-order valence-corrected chi connectivity index (χ2v) is 12.1. The first-order valence-corrected chi connectivity index (χ1v) is 16.1. The second kappa shape index (κ2) is 18.4. The minimum absolute atomic E-state index is 0.0123. The number of thiazole rings is 1. The highest BCUT2D eigenvalue weighted by molar-refractivity contribution is 7.13. The fourth-order valence-corrected chi connectivity index (χ4v) is 5.82. The fourth-order valence-electron chi connectivity index (χ4n) is 5.00. The number of amides is 2. The van der Waals surface area contributed by atoms with Crippen LogP contribution in [0.25, 0.3) is 10.4 Å². The first-order valence-electron chi connectivity index (χ1n) is 15.3. The number of hydrogen-bond donors (Lipinski definition) is 3. The number of nitrogens with one attached hydrogen (secondary N) is 1. The maximum absolute atomic E-state index is 12.8. The number of rotatable bonds is 16. The largest absolute Gasteiger partial charge is 0.476 e. The van der Waals surface area contributed by atoms with Crippen molar-refractivity contribution in [1.29, 1.82) is 0 Å². The highest BCUT2D eigenvalue weighted by Crippen LogP contribution is 2.31. The lowest BCUT2D eigenvalue weighted by atomic mass is 9.92. The van der Waals surface area contributed by atoms with E-state index in [0.29, 0.717) is 50.7 Å². The molecule has 0 radical (unpaired) electrons. The van der Waals surface area contributed by atoms with Gasteiger partial charge in [-0.3, -0.25) is 9.59 Å². The second-order valence-electron chi connectivity index (χ2n) is 11.2. The van der Waals surface area contributed by atoms with Gasteiger partial charge in [-0.25, -0.2) is 4.98 Å². The first-order chi connectivity index (χ1) is 20.8. The molecule has 43 heavy (non-hydrogen) atoms. The molecule has 2 atom stereocenters. The lowest BCUT2D eigenvalue weighted by Crippen LogP contribution is -2.35. The van der Waals surface area contributed by atoms with Gasteiger partial charge >= 0.3 is 0 Å². The highest BCUT2D eigenvalue weighted by Gasteiger charge is 2.35. The van der Waals surface area contributed by atoms with Crippen molar-refractivity contribution in [1.82, 2.24) is 20.4 Å². The summed E-state index contributed by atoms with van der Waals surface area (Å²) in [5.74, 6) is 0.634. The number of unbranched alkanes of at least 4 members (excludes halogenated alkanes) is 5. The van der Waals surface area contributed by atoms with Gasteiger partial charge in [0, 0.05) is 25.7 Å². The summed E-state index contributed by atoms with van der Waals surface area (Å²) in [6, 6.07) is 9.89. The zero-order valence-corrected chi connectivity index (χ0v) is 26.5. The van der Waals surface area contributed by atoms with E-state index in [1.54, 1.807) is 22.3 Å². The number of nitrogens with zero attached hydrogens (tertiary/aromatic N) is 3. The number of carbonyl (C=O) groups is 2. The van der Waals surface area contributed by atoms with Crippen LogP contribution in [0.2, 0.25) is 0 Å². The lowest BCUT2D eigenvalue weighted by Gasteiger charge is -2.23. The van der Waals surface area contributed by atoms with Gasteiger partial charge in [-0.15, -0.1) is 11.3 Å². The molecule has 11 heteroatoms. The van der Waals surface area contributed by atoms with E-state index in [2.05, 4.69) is 27.6 Å². The Bertz CT molecular complexity index is 1230. The van der Waals surface area contributed by atoms with Gasteiger partial charge in [0.05, 0.1) is 28.8 Å². The number of aliphatic hydroxyl groups excluding tert-OH is 1. The van der Waals surface area contributed by atoms with E-state index in [1.165, 1.54) is 29.7 Å². The molecule has 3 heterocycles. The van der Waals surface area contributed by atoms with Crippen molar-refractivity contribution in [2.45, 2.75) is 84.3 Å². The van der Waals surface area contributed by atoms with E-state index in [-0.39, 0.29) is 11.8 Å². The smallest absolute Gasteiger partial charge is 0.254 e. The minimum atomic E-state index is -0.425. The van der Waals surface area contributed by atoms with Crippen molar-refractivity contribution >= 4 is 23.7 Å². The fraction of sp³-hybridized carbons (Fsp3) is 0.562. The molecule has 1 aliphatic heterocycles. The number of carbonyl (C=O) groups excluding carboxylic acids is 2. The Balaban J connectivity index is 0.000000268. The Hall–Kier alpha value is -3.28. The van der Waals surface area contributed by atoms with E-state index in [9.17, 15) is 14.7 Å². The normalized spacial score (nSPS) is 15.2. The average Bonchev–Trinajstić information content (AvgIpc) is 3.75. The summed E-state index contributed by atoms with van der Waals surface area (Å²) in [5.41, 5.74) is 10.7. The molecule has 0 aliphatic carbocycles. The summed E-state index contributed by atoms with van der Waals surface area (Å²) < 4.78 is 11.1. The van der Waals surface area contributed by atoms with Crippen LogP contribution in [0.4, 0.5) is 0 Å². The van der Waals surface area contributed by atoms with Crippen LogP contribution in [-0.4, -0.2) is 64.8 Å². The van der Waals surface area contributed by atoms with Crippen LogP contribution in [0.3, 0.4) is 0 Å². The molecule has 0 bridgehead atoms. The summed E-state index contributed by atoms with van der Waals surface area (Å²) in [7, 11) is 0. The first kappa shape index (κ1) is 34.2. The SMILES string of the molecule is CC(C)C(C(=O)N1CCC(O)C1)c1cc(OCCCCCCCCN)no1.Cc1ncsc1-c1ccc(CNC=O)cc1. The van der Waals surface area contributed by atoms with Crippen molar-refractivity contribution in [2.75, 3.05) is 26.2 Å². The lowest BCUT2D eigenvalue weighted by molar-refractivity contribution is -0.133. The third-order valence-electron chi connectivity index (χ3n) is 7.42. The Morgan fingerprint density at radius 3 is 2.53 bits per heavy atom. The molecular formula is C32H47N5O5S. The Morgan fingerprint density at radius 1 is 1.21 bits per heavy atom. The number of hydrogen-bond acceptors (Lipinski definition) is 9. The third-order valence-corrected chi connectivity index (χ3v) is 8.40. The van der Waals surface area contributed by atoms with Gasteiger partial charge in [-0.05, 0) is 54.9 Å². The maximum Gasteiger partial charge on any atom is 0.254 e. The zero-order valence-electron chi connectivity index (χ0n) is 25.7. The maximum atomic E-state index is 12.8. The summed E-state index contributed by atoms with van der Waals surface area (Å²) in [6.45, 7) is 8.92. The minimum Gasteiger partial charge on any atom is -0.476 e. The number of benzene rings is 1. The van der Waals surface area contributed by atoms with E-state index in [4.69, 9.17) is 15.0 Å². The molecule has 4 rings (SSSR count). The summed E-state index contributed by atoms with van der Waals surface area (Å²) in [5, 5.41) is 16.3. The highest BCUT2D eigenvalue weighted by atomic mass is 32.1. The molecule has 1 saturated heterocycles. The van der Waals surface area contributed by atoms with Gasteiger partial charge in [0.25, 0.3) is 5.88 Å². The summed E-state index contributed by atoms with van der Waals surface area (Å²) in [4.78, 5) is 30.1. The molecule has 4 N–H and O–H groups in total. The number of β-amino-alcohol motifs (C(OH)–C–C–N with tert-alkyl or cyclic N) is 1. The summed E-state index contributed by atoms with van der Waals surface area (Å²) in [6.07, 6.45) is 7.73. The van der Waals surface area contributed by atoms with Crippen LogP contribution in [0.15, 0.2) is 40.4 Å². The van der Waals surface area contributed by atoms with Crippen LogP contribution < -0.4 is 15.8 Å². The molecule has 3 aromatic rings. The van der Waals surface area contributed by atoms with Gasteiger partial charge in [0.15, 0.2) is 5.76 Å². The quantitative estimate of drug-likeness (QED) is 0.150. The van der Waals surface area contributed by atoms with Crippen molar-refractivity contribution in [3.8, 4) is 16.3 Å². The van der Waals surface area contributed by atoms with E-state index >= 15 is 0 Å². The standard InChI is InChI=1S/C20H35N3O4.C12H12N2OS/c1-15(2)19(20(25)23-11-9-16(24)14-23)17-13-18(22-27-17)26-12-8-6-4-3-5-7-10-21;1-9-12(16-8-14-9)11-4-2-10(3-5-11)6-13-7-15/h13,15-16,19,24H,3-12,14,21H2,1-2H3;2-5,7-8H,6H2,1H3,(H,13,15). The van der Waals surface area contributed by atoms with E-state index in [1.807, 2.05) is 38.4 Å². The van der Waals surface area contributed by atoms with Crippen molar-refractivity contribution in [3.63, 3.8) is 0 Å². The van der Waals surface area contributed by atoms with Crippen LogP contribution in [0.5, 0.6) is 5.88 Å². The van der Waals surface area contributed by atoms with E-state index < -0.39 is 12.0 Å². The van der Waals surface area contributed by atoms with Gasteiger partial charge < -0.3 is 30.3 Å². The van der Waals surface area contributed by atoms with Crippen LogP contribution >= 0.6 is 11.3 Å². The average molecular weight is 614 g/mol. The molecule has 10 nitrogen and oxygen atoms in total. The predicted octanol–water partition coefficient (Wildman–Crippen LogP) is 5.05. The van der Waals surface area contributed by atoms with Crippen LogP contribution in [-0.2, 0) is 16.1 Å². The predicted molar refractivity (Wildman–Crippen MR) is 169 cm³/mol. The number of likely N-dealkylation sites (tertiary alicyclic amines) is 1. The monoisotopic (exact) mass is 613 g/mol. The molecule has 1 fully saturated rings. The molecule has 1 aromatic carbocycles. The Morgan fingerprint density at radius 2 is 1.93 bits per heavy atom. The van der Waals surface area contributed by atoms with Gasteiger partial charge in [0.1, 0.15) is 5.92 Å². The van der Waals surface area contributed by atoms with Crippen molar-refractivity contribution in [3.05, 3.63) is 52.9 Å². The Labute approximate surface area is 259 Å². The van der Waals surface area contributed by atoms with Crippen LogP contribution in [0, 0.1) is 12.8 Å². The van der Waals surface area contributed by atoms with Gasteiger partial charge in [-0.1, -0.05) is 63.8 Å². The molecule has 2 unspecified atom stereocenters. The Kier molecular flexibility index (Phi) is 14.6. The number of nitrogens with two attached hydrogens (primary N) is 1. The molecule has 236 valence electrons. The molecule has 0 spiro atoms. The van der Waals surface area contributed by atoms with E-state index in [0.717, 1.165) is 37.1 Å². The molecule has 2 aromatic heterocycles. The number of aromatic nitrogens is 2. The third kappa shape index (κ3) is 11.1. The molecular weight excluding hydrogens is 566 g/mol. The number of aryl methyl sites for hydroxylation is 1. The number of aliphatic hydroxyl groups is 1. The number of ether oxygens (including phenoxy) is 1. The molecule has 2 amide bonds. The topological polar surface area (TPSA) is 144 Å². The van der Waals surface area contributed by atoms with Gasteiger partial charge in [-0.2, -0.15) is 0 Å². The molecule has 1 aliphatic rings. The summed E-state index contributed by atoms with van der Waals surface area (Å²) >= 11 is 1.64. The van der Waals surface area contributed by atoms with Crippen molar-refractivity contribution < 1.29 is 24.0 Å². The zero-order chi connectivity index (χ0) is 31.0. The van der Waals surface area contributed by atoms with Gasteiger partial charge in [0.2, 0.25) is 12.3 Å². The van der Waals surface area contributed by atoms with Crippen LogP contribution in [0.1, 0.15) is 81.7 Å². The van der Waals surface area contributed by atoms with Crippen molar-refractivity contribution in [2.24, 2.45) is 11.7 Å². The molecule has 0 saturated carbocycles.